The van der Waals surface area contributed by atoms with Crippen molar-refractivity contribution in [3.05, 3.63) is 18.0 Å². The van der Waals surface area contributed by atoms with Gasteiger partial charge in [-0.25, -0.2) is 0 Å². The molecule has 1 saturated carbocycles. The van der Waals surface area contributed by atoms with Crippen LogP contribution in [0.1, 0.15) is 48.9 Å². The van der Waals surface area contributed by atoms with Crippen molar-refractivity contribution in [1.29, 1.82) is 0 Å². The van der Waals surface area contributed by atoms with E-state index in [-0.39, 0.29) is 18.9 Å². The number of aryl methyl sites for hydroxylation is 1. The summed E-state index contributed by atoms with van der Waals surface area (Å²) in [4.78, 5) is 24.7. The van der Waals surface area contributed by atoms with E-state index in [2.05, 4.69) is 5.10 Å². The number of hydrogen-bond acceptors (Lipinski definition) is 3. The monoisotopic (exact) mass is 279 g/mol. The van der Waals surface area contributed by atoms with Crippen LogP contribution in [0.4, 0.5) is 0 Å². The van der Waals surface area contributed by atoms with Gasteiger partial charge in [0.2, 0.25) is 0 Å². The van der Waals surface area contributed by atoms with Crippen molar-refractivity contribution in [3.8, 4) is 0 Å². The molecule has 0 saturated heterocycles. The van der Waals surface area contributed by atoms with E-state index in [1.807, 2.05) is 7.05 Å². The smallest absolute Gasteiger partial charge is 0.305 e. The fraction of sp³-hybridized carbons (Fsp3) is 0.643. The second kappa shape index (κ2) is 6.54. The highest BCUT2D eigenvalue weighted by Gasteiger charge is 2.23. The van der Waals surface area contributed by atoms with Crippen LogP contribution in [0.5, 0.6) is 0 Å². The molecule has 0 aliphatic heterocycles. The van der Waals surface area contributed by atoms with Crippen molar-refractivity contribution >= 4 is 11.9 Å². The molecule has 6 heteroatoms. The van der Waals surface area contributed by atoms with Gasteiger partial charge < -0.3 is 10.0 Å². The average molecular weight is 279 g/mol. The SMILES string of the molecule is CN(C(=O)c1cnn(CCC(=O)O)c1)C1CCCCC1. The molecule has 110 valence electrons. The molecule has 0 radical (unpaired) electrons. The largest absolute Gasteiger partial charge is 0.481 e. The summed E-state index contributed by atoms with van der Waals surface area (Å²) in [7, 11) is 1.84. The van der Waals surface area contributed by atoms with Crippen LogP contribution in [0.25, 0.3) is 0 Å². The lowest BCUT2D eigenvalue weighted by atomic mass is 9.94. The Morgan fingerprint density at radius 2 is 2.10 bits per heavy atom. The van der Waals surface area contributed by atoms with Crippen molar-refractivity contribution in [2.75, 3.05) is 7.05 Å². The summed E-state index contributed by atoms with van der Waals surface area (Å²) in [5.74, 6) is -0.897. The van der Waals surface area contributed by atoms with Gasteiger partial charge >= 0.3 is 5.97 Å². The lowest BCUT2D eigenvalue weighted by molar-refractivity contribution is -0.137. The lowest BCUT2D eigenvalue weighted by Gasteiger charge is -2.30. The maximum Gasteiger partial charge on any atom is 0.305 e. The number of carbonyl (C=O) groups is 2. The Bertz CT molecular complexity index is 478. The van der Waals surface area contributed by atoms with Gasteiger partial charge in [0.1, 0.15) is 0 Å². The maximum absolute atomic E-state index is 12.4. The normalized spacial score (nSPS) is 16.1. The Hall–Kier alpha value is -1.85. The third-order valence-electron chi connectivity index (χ3n) is 3.88. The highest BCUT2D eigenvalue weighted by molar-refractivity contribution is 5.93. The van der Waals surface area contributed by atoms with Gasteiger partial charge in [-0.1, -0.05) is 19.3 Å². The minimum Gasteiger partial charge on any atom is -0.481 e. The first-order valence-corrected chi connectivity index (χ1v) is 7.09. The Kier molecular flexibility index (Phi) is 4.76. The predicted molar refractivity (Wildman–Crippen MR) is 73.4 cm³/mol. The summed E-state index contributed by atoms with van der Waals surface area (Å²) < 4.78 is 1.51. The second-order valence-corrected chi connectivity index (χ2v) is 5.34. The fourth-order valence-electron chi connectivity index (χ4n) is 2.64. The molecule has 1 amide bonds. The minimum atomic E-state index is -0.868. The van der Waals surface area contributed by atoms with Gasteiger partial charge in [-0.2, -0.15) is 5.10 Å². The molecule has 0 aromatic carbocycles. The number of hydrogen-bond donors (Lipinski definition) is 1. The molecule has 6 nitrogen and oxygen atoms in total. The van der Waals surface area contributed by atoms with E-state index >= 15 is 0 Å². The number of carboxylic acids is 1. The van der Waals surface area contributed by atoms with Crippen molar-refractivity contribution in [2.45, 2.75) is 51.1 Å². The molecule has 1 aliphatic rings. The van der Waals surface area contributed by atoms with E-state index in [0.29, 0.717) is 11.6 Å². The number of rotatable bonds is 5. The zero-order chi connectivity index (χ0) is 14.5. The predicted octanol–water partition coefficient (Wildman–Crippen LogP) is 1.76. The molecule has 1 aromatic heterocycles. The number of amides is 1. The van der Waals surface area contributed by atoms with Gasteiger partial charge in [0, 0.05) is 19.3 Å². The van der Waals surface area contributed by atoms with Gasteiger partial charge in [0.15, 0.2) is 0 Å². The van der Waals surface area contributed by atoms with E-state index in [9.17, 15) is 9.59 Å². The topological polar surface area (TPSA) is 75.4 Å². The van der Waals surface area contributed by atoms with Crippen molar-refractivity contribution in [3.63, 3.8) is 0 Å². The standard InChI is InChI=1S/C14H21N3O3/c1-16(12-5-3-2-4-6-12)14(20)11-9-15-17(10-11)8-7-13(18)19/h9-10,12H,2-8H2,1H3,(H,18,19). The first-order valence-electron chi connectivity index (χ1n) is 7.09. The maximum atomic E-state index is 12.4. The van der Waals surface area contributed by atoms with Crippen LogP contribution < -0.4 is 0 Å². The fourth-order valence-corrected chi connectivity index (χ4v) is 2.64. The molecular weight excluding hydrogens is 258 g/mol. The van der Waals surface area contributed by atoms with Gasteiger partial charge in [-0.15, -0.1) is 0 Å². The molecule has 0 unspecified atom stereocenters. The van der Waals surface area contributed by atoms with Crippen LogP contribution in [0.3, 0.4) is 0 Å². The van der Waals surface area contributed by atoms with E-state index in [1.165, 1.54) is 30.1 Å². The lowest BCUT2D eigenvalue weighted by Crippen LogP contribution is -2.38. The van der Waals surface area contributed by atoms with Crippen molar-refractivity contribution < 1.29 is 14.7 Å². The van der Waals surface area contributed by atoms with Gasteiger partial charge in [0.05, 0.1) is 24.7 Å². The number of carbonyl (C=O) groups excluding carboxylic acids is 1. The zero-order valence-electron chi connectivity index (χ0n) is 11.8. The second-order valence-electron chi connectivity index (χ2n) is 5.34. The van der Waals surface area contributed by atoms with Crippen LogP contribution in [0.2, 0.25) is 0 Å². The first-order chi connectivity index (χ1) is 9.58. The van der Waals surface area contributed by atoms with Crippen LogP contribution in [0, 0.1) is 0 Å². The number of carboxylic acid groups (broad SMARTS) is 1. The molecular formula is C14H21N3O3. The van der Waals surface area contributed by atoms with Crippen molar-refractivity contribution in [2.24, 2.45) is 0 Å². The molecule has 1 aromatic rings. The Morgan fingerprint density at radius 3 is 2.75 bits per heavy atom. The van der Waals surface area contributed by atoms with Crippen LogP contribution >= 0.6 is 0 Å². The van der Waals surface area contributed by atoms with E-state index in [0.717, 1.165) is 12.8 Å². The quantitative estimate of drug-likeness (QED) is 0.891. The number of aliphatic carboxylic acids is 1. The van der Waals surface area contributed by atoms with E-state index in [1.54, 1.807) is 11.1 Å². The highest BCUT2D eigenvalue weighted by atomic mass is 16.4. The summed E-state index contributed by atoms with van der Waals surface area (Å²) in [6.07, 6.45) is 8.90. The third kappa shape index (κ3) is 3.59. The molecule has 1 aliphatic carbocycles. The summed E-state index contributed by atoms with van der Waals surface area (Å²) in [6, 6.07) is 0.318. The molecule has 2 rings (SSSR count). The minimum absolute atomic E-state index is 0.00771. The number of aromatic nitrogens is 2. The molecule has 0 bridgehead atoms. The van der Waals surface area contributed by atoms with E-state index < -0.39 is 5.97 Å². The Morgan fingerprint density at radius 1 is 1.40 bits per heavy atom. The summed E-state index contributed by atoms with van der Waals surface area (Å²) in [5, 5.41) is 12.7. The van der Waals surface area contributed by atoms with Crippen molar-refractivity contribution in [1.82, 2.24) is 14.7 Å². The zero-order valence-corrected chi connectivity index (χ0v) is 11.8. The Labute approximate surface area is 118 Å². The Balaban J connectivity index is 1.95. The van der Waals surface area contributed by atoms with Gasteiger partial charge in [-0.3, -0.25) is 14.3 Å². The highest BCUT2D eigenvalue weighted by Crippen LogP contribution is 2.22. The molecule has 0 spiro atoms. The molecule has 1 N–H and O–H groups in total. The van der Waals surface area contributed by atoms with E-state index in [4.69, 9.17) is 5.11 Å². The summed E-state index contributed by atoms with van der Waals surface area (Å²) in [6.45, 7) is 0.287. The molecule has 20 heavy (non-hydrogen) atoms. The summed E-state index contributed by atoms with van der Waals surface area (Å²) in [5.41, 5.74) is 0.531. The average Bonchev–Trinajstić information content (AvgIpc) is 2.93. The third-order valence-corrected chi connectivity index (χ3v) is 3.88. The van der Waals surface area contributed by atoms with Gasteiger partial charge in [0.25, 0.3) is 5.91 Å². The van der Waals surface area contributed by atoms with Crippen LogP contribution in [0.15, 0.2) is 12.4 Å². The molecule has 1 heterocycles. The van der Waals surface area contributed by atoms with Crippen LogP contribution in [-0.4, -0.2) is 44.8 Å². The first kappa shape index (κ1) is 14.6. The summed E-state index contributed by atoms with van der Waals surface area (Å²) >= 11 is 0. The molecule has 0 atom stereocenters. The van der Waals surface area contributed by atoms with Crippen LogP contribution in [-0.2, 0) is 11.3 Å². The number of nitrogens with zero attached hydrogens (tertiary/aromatic N) is 3. The van der Waals surface area contributed by atoms with Gasteiger partial charge in [-0.05, 0) is 12.8 Å². The molecule has 1 fully saturated rings.